The number of amides is 2. The highest BCUT2D eigenvalue weighted by Crippen LogP contribution is 2.11. The van der Waals surface area contributed by atoms with Gasteiger partial charge < -0.3 is 15.4 Å². The lowest BCUT2D eigenvalue weighted by Crippen LogP contribution is -2.36. The molecule has 0 aliphatic rings. The van der Waals surface area contributed by atoms with Gasteiger partial charge in [-0.05, 0) is 32.9 Å². The number of carbonyl (C=O) groups excluding carboxylic acids is 2. The average Bonchev–Trinajstić information content (AvgIpc) is 3.08. The van der Waals surface area contributed by atoms with Crippen molar-refractivity contribution < 1.29 is 14.3 Å². The van der Waals surface area contributed by atoms with Crippen LogP contribution in [0.15, 0.2) is 36.5 Å². The summed E-state index contributed by atoms with van der Waals surface area (Å²) in [5, 5.41) is 13.5. The predicted octanol–water partition coefficient (Wildman–Crippen LogP) is 1.45. The van der Waals surface area contributed by atoms with Crippen molar-refractivity contribution in [3.05, 3.63) is 42.2 Å². The molecule has 8 heteroatoms. The molecular formula is C18H25N5O3. The fourth-order valence-corrected chi connectivity index (χ4v) is 2.20. The van der Waals surface area contributed by atoms with Gasteiger partial charge in [-0.25, -0.2) is 4.68 Å². The van der Waals surface area contributed by atoms with Crippen LogP contribution in [0, 0.1) is 0 Å². The van der Waals surface area contributed by atoms with Crippen LogP contribution in [0.2, 0.25) is 0 Å². The van der Waals surface area contributed by atoms with Gasteiger partial charge in [-0.3, -0.25) is 9.59 Å². The molecule has 0 saturated heterocycles. The predicted molar refractivity (Wildman–Crippen MR) is 96.4 cm³/mol. The maximum absolute atomic E-state index is 12.2. The van der Waals surface area contributed by atoms with E-state index in [1.807, 2.05) is 44.2 Å². The standard InChI is InChI=1S/C18H25N5O3/c1-13(2)20-17(24)9-10-19-18(25)14(3)23-11-15(21-22-23)12-26-16-7-5-4-6-8-16/h4-8,11,13-14H,9-10,12H2,1-3H3,(H,19,25)(H,20,24)/t14-/m0/s1. The molecule has 140 valence electrons. The Labute approximate surface area is 152 Å². The molecule has 26 heavy (non-hydrogen) atoms. The SMILES string of the molecule is CC(C)NC(=O)CCNC(=O)[C@H](C)n1cc(COc2ccccc2)nn1. The van der Waals surface area contributed by atoms with E-state index < -0.39 is 6.04 Å². The Morgan fingerprint density at radius 3 is 2.62 bits per heavy atom. The van der Waals surface area contributed by atoms with E-state index in [-0.39, 0.29) is 37.4 Å². The number of hydrogen-bond acceptors (Lipinski definition) is 5. The molecule has 8 nitrogen and oxygen atoms in total. The number of nitrogens with one attached hydrogen (secondary N) is 2. The van der Waals surface area contributed by atoms with Gasteiger partial charge in [0, 0.05) is 19.0 Å². The van der Waals surface area contributed by atoms with Crippen LogP contribution in [0.1, 0.15) is 38.9 Å². The Morgan fingerprint density at radius 1 is 1.19 bits per heavy atom. The number of nitrogens with zero attached hydrogens (tertiary/aromatic N) is 3. The molecule has 0 unspecified atom stereocenters. The van der Waals surface area contributed by atoms with E-state index in [1.165, 1.54) is 4.68 Å². The van der Waals surface area contributed by atoms with E-state index in [1.54, 1.807) is 13.1 Å². The maximum Gasteiger partial charge on any atom is 0.244 e. The van der Waals surface area contributed by atoms with Gasteiger partial charge in [-0.1, -0.05) is 23.4 Å². The third kappa shape index (κ3) is 6.19. The normalized spacial score (nSPS) is 11.8. The van der Waals surface area contributed by atoms with Crippen LogP contribution in [0.4, 0.5) is 0 Å². The molecular weight excluding hydrogens is 334 g/mol. The van der Waals surface area contributed by atoms with Crippen LogP contribution in [-0.2, 0) is 16.2 Å². The van der Waals surface area contributed by atoms with Crippen molar-refractivity contribution in [2.75, 3.05) is 6.54 Å². The van der Waals surface area contributed by atoms with Crippen LogP contribution in [0.5, 0.6) is 5.75 Å². The van der Waals surface area contributed by atoms with Gasteiger partial charge in [0.15, 0.2) is 0 Å². The number of ether oxygens (including phenoxy) is 1. The van der Waals surface area contributed by atoms with Gasteiger partial charge in [0.2, 0.25) is 11.8 Å². The molecule has 0 saturated carbocycles. The quantitative estimate of drug-likeness (QED) is 0.706. The van der Waals surface area contributed by atoms with Gasteiger partial charge in [-0.2, -0.15) is 0 Å². The minimum absolute atomic E-state index is 0.0869. The number of hydrogen-bond donors (Lipinski definition) is 2. The molecule has 1 atom stereocenters. The highest BCUT2D eigenvalue weighted by molar-refractivity contribution is 5.81. The third-order valence-corrected chi connectivity index (χ3v) is 3.56. The number of carbonyl (C=O) groups is 2. The highest BCUT2D eigenvalue weighted by Gasteiger charge is 2.17. The summed E-state index contributed by atoms with van der Waals surface area (Å²) in [5.74, 6) is 0.435. The maximum atomic E-state index is 12.2. The van der Waals surface area contributed by atoms with E-state index in [0.717, 1.165) is 5.75 Å². The topological polar surface area (TPSA) is 98.1 Å². The summed E-state index contributed by atoms with van der Waals surface area (Å²) in [4.78, 5) is 23.7. The molecule has 0 aliphatic heterocycles. The van der Waals surface area contributed by atoms with Crippen molar-refractivity contribution in [2.24, 2.45) is 0 Å². The second-order valence-corrected chi connectivity index (χ2v) is 6.23. The van der Waals surface area contributed by atoms with Crippen LogP contribution < -0.4 is 15.4 Å². The summed E-state index contributed by atoms with van der Waals surface area (Å²) < 4.78 is 7.09. The molecule has 0 spiro atoms. The monoisotopic (exact) mass is 359 g/mol. The van der Waals surface area contributed by atoms with Gasteiger partial charge in [0.05, 0.1) is 6.20 Å². The van der Waals surface area contributed by atoms with Crippen LogP contribution in [0.3, 0.4) is 0 Å². The summed E-state index contributed by atoms with van der Waals surface area (Å²) in [6.07, 6.45) is 1.92. The summed E-state index contributed by atoms with van der Waals surface area (Å²) in [6, 6.07) is 8.96. The smallest absolute Gasteiger partial charge is 0.244 e. The molecule has 2 aromatic rings. The van der Waals surface area contributed by atoms with Crippen molar-refractivity contribution >= 4 is 11.8 Å². The van der Waals surface area contributed by atoms with Crippen LogP contribution in [0.25, 0.3) is 0 Å². The Hall–Kier alpha value is -2.90. The minimum atomic E-state index is -0.527. The average molecular weight is 359 g/mol. The van der Waals surface area contributed by atoms with Crippen LogP contribution >= 0.6 is 0 Å². The number of para-hydroxylation sites is 1. The number of benzene rings is 1. The first-order valence-corrected chi connectivity index (χ1v) is 8.61. The Kier molecular flexibility index (Phi) is 7.13. The first-order valence-electron chi connectivity index (χ1n) is 8.61. The molecule has 0 radical (unpaired) electrons. The van der Waals surface area contributed by atoms with E-state index in [2.05, 4.69) is 20.9 Å². The largest absolute Gasteiger partial charge is 0.487 e. The second kappa shape index (κ2) is 9.55. The molecule has 2 rings (SSSR count). The van der Waals surface area contributed by atoms with Gasteiger partial charge >= 0.3 is 0 Å². The molecule has 2 amide bonds. The fourth-order valence-electron chi connectivity index (χ4n) is 2.20. The molecule has 1 aromatic carbocycles. The van der Waals surface area contributed by atoms with E-state index >= 15 is 0 Å². The summed E-state index contributed by atoms with van der Waals surface area (Å²) in [5.41, 5.74) is 0.629. The fraction of sp³-hybridized carbons (Fsp3) is 0.444. The van der Waals surface area contributed by atoms with E-state index in [4.69, 9.17) is 4.74 Å². The lowest BCUT2D eigenvalue weighted by molar-refractivity contribution is -0.124. The highest BCUT2D eigenvalue weighted by atomic mass is 16.5. The van der Waals surface area contributed by atoms with Crippen molar-refractivity contribution in [1.29, 1.82) is 0 Å². The summed E-state index contributed by atoms with van der Waals surface area (Å²) in [7, 11) is 0. The van der Waals surface area contributed by atoms with Crippen molar-refractivity contribution in [2.45, 2.75) is 45.9 Å². The molecule has 1 aromatic heterocycles. The van der Waals surface area contributed by atoms with Crippen molar-refractivity contribution in [3.8, 4) is 5.75 Å². The summed E-state index contributed by atoms with van der Waals surface area (Å²) >= 11 is 0. The first kappa shape index (κ1) is 19.4. The lowest BCUT2D eigenvalue weighted by atomic mass is 10.3. The van der Waals surface area contributed by atoms with Crippen molar-refractivity contribution in [3.63, 3.8) is 0 Å². The Bertz CT molecular complexity index is 715. The number of aromatic nitrogens is 3. The zero-order valence-corrected chi connectivity index (χ0v) is 15.3. The van der Waals surface area contributed by atoms with E-state index in [9.17, 15) is 9.59 Å². The lowest BCUT2D eigenvalue weighted by Gasteiger charge is -2.12. The molecule has 0 aliphatic carbocycles. The number of rotatable bonds is 9. The molecule has 0 fully saturated rings. The first-order chi connectivity index (χ1) is 12.5. The van der Waals surface area contributed by atoms with Gasteiger partial charge in [0.1, 0.15) is 24.1 Å². The molecule has 1 heterocycles. The van der Waals surface area contributed by atoms with Gasteiger partial charge in [-0.15, -0.1) is 5.10 Å². The van der Waals surface area contributed by atoms with Gasteiger partial charge in [0.25, 0.3) is 0 Å². The Morgan fingerprint density at radius 2 is 1.92 bits per heavy atom. The zero-order chi connectivity index (χ0) is 18.9. The van der Waals surface area contributed by atoms with E-state index in [0.29, 0.717) is 5.69 Å². The van der Waals surface area contributed by atoms with Crippen molar-refractivity contribution in [1.82, 2.24) is 25.6 Å². The summed E-state index contributed by atoms with van der Waals surface area (Å²) in [6.45, 7) is 6.05. The Balaban J connectivity index is 1.78. The minimum Gasteiger partial charge on any atom is -0.487 e. The second-order valence-electron chi connectivity index (χ2n) is 6.23. The third-order valence-electron chi connectivity index (χ3n) is 3.56. The van der Waals surface area contributed by atoms with Crippen LogP contribution in [-0.4, -0.2) is 39.4 Å². The molecule has 0 bridgehead atoms. The zero-order valence-electron chi connectivity index (χ0n) is 15.3. The molecule has 2 N–H and O–H groups in total.